The van der Waals surface area contributed by atoms with E-state index in [9.17, 15) is 21.6 Å². The standard InChI is InChI=1S/C19H19F3N4O3S/c1-12-15-10-14(11-23-18(15)29-24-12)30(27,28)25-16-9-13(19(20,21)22)5-6-17(16)26-7-3-2-4-8-26/h5-6,9-11,25H,2-4,7-8H2,1H3. The van der Waals surface area contributed by atoms with E-state index in [-0.39, 0.29) is 16.3 Å². The van der Waals surface area contributed by atoms with Gasteiger partial charge >= 0.3 is 6.18 Å². The highest BCUT2D eigenvalue weighted by atomic mass is 32.2. The minimum atomic E-state index is -4.60. The van der Waals surface area contributed by atoms with Gasteiger partial charge in [0.15, 0.2) is 0 Å². The molecular weight excluding hydrogens is 421 g/mol. The molecule has 1 aromatic carbocycles. The zero-order valence-electron chi connectivity index (χ0n) is 16.0. The van der Waals surface area contributed by atoms with E-state index < -0.39 is 21.8 Å². The Kier molecular flexibility index (Phi) is 5.08. The summed E-state index contributed by atoms with van der Waals surface area (Å²) in [5, 5.41) is 4.15. The fourth-order valence-corrected chi connectivity index (χ4v) is 4.52. The van der Waals surface area contributed by atoms with Gasteiger partial charge in [0, 0.05) is 13.1 Å². The van der Waals surface area contributed by atoms with E-state index in [1.165, 1.54) is 12.1 Å². The number of halogens is 3. The van der Waals surface area contributed by atoms with Crippen molar-refractivity contribution < 1.29 is 26.1 Å². The van der Waals surface area contributed by atoms with Crippen molar-refractivity contribution >= 4 is 32.5 Å². The molecule has 1 aliphatic heterocycles. The van der Waals surface area contributed by atoms with E-state index >= 15 is 0 Å². The molecule has 0 aliphatic carbocycles. The van der Waals surface area contributed by atoms with Crippen LogP contribution in [0.2, 0.25) is 0 Å². The first-order chi connectivity index (χ1) is 14.1. The Morgan fingerprint density at radius 2 is 1.87 bits per heavy atom. The molecule has 0 spiro atoms. The molecule has 0 bridgehead atoms. The zero-order valence-corrected chi connectivity index (χ0v) is 16.8. The molecule has 1 saturated heterocycles. The van der Waals surface area contributed by atoms with Crippen LogP contribution in [0, 0.1) is 6.92 Å². The van der Waals surface area contributed by atoms with E-state index in [1.54, 1.807) is 6.92 Å². The number of benzene rings is 1. The van der Waals surface area contributed by atoms with Crippen LogP contribution in [0.3, 0.4) is 0 Å². The minimum absolute atomic E-state index is 0.117. The quantitative estimate of drug-likeness (QED) is 0.649. The van der Waals surface area contributed by atoms with Crippen LogP contribution in [0.1, 0.15) is 30.5 Å². The lowest BCUT2D eigenvalue weighted by molar-refractivity contribution is -0.137. The third-order valence-corrected chi connectivity index (χ3v) is 6.39. The summed E-state index contributed by atoms with van der Waals surface area (Å²) in [6, 6.07) is 4.45. The number of rotatable bonds is 4. The third-order valence-electron chi connectivity index (χ3n) is 5.06. The maximum Gasteiger partial charge on any atom is 0.416 e. The summed E-state index contributed by atoms with van der Waals surface area (Å²) < 4.78 is 73.0. The number of hydrogen-bond acceptors (Lipinski definition) is 6. The zero-order chi connectivity index (χ0) is 21.5. The van der Waals surface area contributed by atoms with E-state index in [4.69, 9.17) is 4.52 Å². The summed E-state index contributed by atoms with van der Waals surface area (Å²) in [7, 11) is -4.20. The molecule has 1 aliphatic rings. The molecule has 0 amide bonds. The van der Waals surface area contributed by atoms with Crippen LogP contribution in [0.25, 0.3) is 11.1 Å². The van der Waals surface area contributed by atoms with Gasteiger partial charge in [0.1, 0.15) is 4.90 Å². The Morgan fingerprint density at radius 3 is 2.57 bits per heavy atom. The normalized spacial score (nSPS) is 15.5. The monoisotopic (exact) mass is 440 g/mol. The lowest BCUT2D eigenvalue weighted by Crippen LogP contribution is -2.30. The number of pyridine rings is 1. The highest BCUT2D eigenvalue weighted by molar-refractivity contribution is 7.92. The van der Waals surface area contributed by atoms with Gasteiger partial charge in [0.25, 0.3) is 15.7 Å². The molecule has 160 valence electrons. The molecular formula is C19H19F3N4O3S. The number of aryl methyl sites for hydroxylation is 1. The average molecular weight is 440 g/mol. The number of aromatic nitrogens is 2. The van der Waals surface area contributed by atoms with Crippen molar-refractivity contribution in [2.75, 3.05) is 22.7 Å². The summed E-state index contributed by atoms with van der Waals surface area (Å²) in [5.74, 6) is 0. The summed E-state index contributed by atoms with van der Waals surface area (Å²) in [6.07, 6.45) is -0.701. The van der Waals surface area contributed by atoms with E-state index in [0.29, 0.717) is 29.9 Å². The molecule has 1 fully saturated rings. The molecule has 0 atom stereocenters. The second-order valence-corrected chi connectivity index (χ2v) is 8.86. The van der Waals surface area contributed by atoms with Crippen LogP contribution < -0.4 is 9.62 Å². The van der Waals surface area contributed by atoms with Crippen molar-refractivity contribution in [1.29, 1.82) is 0 Å². The molecule has 4 rings (SSSR count). The third kappa shape index (κ3) is 3.93. The second-order valence-electron chi connectivity index (χ2n) is 7.17. The SMILES string of the molecule is Cc1noc2ncc(S(=O)(=O)Nc3cc(C(F)(F)F)ccc3N3CCCCC3)cc12. The van der Waals surface area contributed by atoms with Crippen LogP contribution in [-0.2, 0) is 16.2 Å². The first-order valence-electron chi connectivity index (χ1n) is 9.36. The van der Waals surface area contributed by atoms with Crippen LogP contribution in [0.4, 0.5) is 24.5 Å². The molecule has 0 radical (unpaired) electrons. The lowest BCUT2D eigenvalue weighted by atomic mass is 10.1. The Balaban J connectivity index is 1.75. The second kappa shape index (κ2) is 7.46. The number of sulfonamides is 1. The molecule has 3 heterocycles. The average Bonchev–Trinajstić information content (AvgIpc) is 3.08. The number of nitrogens with zero attached hydrogens (tertiary/aromatic N) is 3. The largest absolute Gasteiger partial charge is 0.416 e. The molecule has 2 aromatic heterocycles. The molecule has 1 N–H and O–H groups in total. The van der Waals surface area contributed by atoms with Crippen molar-refractivity contribution in [2.24, 2.45) is 0 Å². The molecule has 11 heteroatoms. The maximum atomic E-state index is 13.3. The van der Waals surface area contributed by atoms with Crippen molar-refractivity contribution in [3.8, 4) is 0 Å². The van der Waals surface area contributed by atoms with Crippen LogP contribution in [-0.4, -0.2) is 31.6 Å². The lowest BCUT2D eigenvalue weighted by Gasteiger charge is -2.31. The predicted octanol–water partition coefficient (Wildman–Crippen LogP) is 4.34. The molecule has 30 heavy (non-hydrogen) atoms. The van der Waals surface area contributed by atoms with Gasteiger partial charge in [-0.2, -0.15) is 13.2 Å². The Hall–Kier alpha value is -2.82. The van der Waals surface area contributed by atoms with Crippen molar-refractivity contribution in [3.63, 3.8) is 0 Å². The number of hydrogen-bond donors (Lipinski definition) is 1. The topological polar surface area (TPSA) is 88.3 Å². The summed E-state index contributed by atoms with van der Waals surface area (Å²) in [5.41, 5.74) is 0.0156. The van der Waals surface area contributed by atoms with Gasteiger partial charge in [-0.25, -0.2) is 13.4 Å². The van der Waals surface area contributed by atoms with Gasteiger partial charge < -0.3 is 9.42 Å². The highest BCUT2D eigenvalue weighted by Crippen LogP contribution is 2.37. The van der Waals surface area contributed by atoms with Crippen LogP contribution >= 0.6 is 0 Å². The molecule has 3 aromatic rings. The predicted molar refractivity (Wildman–Crippen MR) is 105 cm³/mol. The van der Waals surface area contributed by atoms with Crippen LogP contribution in [0.5, 0.6) is 0 Å². The molecule has 0 saturated carbocycles. The van der Waals surface area contributed by atoms with Crippen molar-refractivity contribution in [1.82, 2.24) is 10.1 Å². The summed E-state index contributed by atoms with van der Waals surface area (Å²) >= 11 is 0. The highest BCUT2D eigenvalue weighted by Gasteiger charge is 2.32. The van der Waals surface area contributed by atoms with E-state index in [1.807, 2.05) is 4.90 Å². The Morgan fingerprint density at radius 1 is 1.13 bits per heavy atom. The van der Waals surface area contributed by atoms with Gasteiger partial charge in [0.2, 0.25) is 0 Å². The number of piperidine rings is 1. The van der Waals surface area contributed by atoms with Gasteiger partial charge in [-0.15, -0.1) is 0 Å². The number of alkyl halides is 3. The minimum Gasteiger partial charge on any atom is -0.370 e. The number of fused-ring (bicyclic) bond motifs is 1. The van der Waals surface area contributed by atoms with Crippen molar-refractivity contribution in [3.05, 3.63) is 41.7 Å². The first-order valence-corrected chi connectivity index (χ1v) is 10.8. The Bertz CT molecular complexity index is 1190. The maximum absolute atomic E-state index is 13.3. The first kappa shape index (κ1) is 20.5. The Labute approximate surface area is 170 Å². The van der Waals surface area contributed by atoms with Crippen molar-refractivity contribution in [2.45, 2.75) is 37.3 Å². The smallest absolute Gasteiger partial charge is 0.370 e. The molecule has 0 unspecified atom stereocenters. The summed E-state index contributed by atoms with van der Waals surface area (Å²) in [4.78, 5) is 5.64. The fourth-order valence-electron chi connectivity index (χ4n) is 3.48. The van der Waals surface area contributed by atoms with E-state index in [0.717, 1.165) is 37.6 Å². The summed E-state index contributed by atoms with van der Waals surface area (Å²) in [6.45, 7) is 2.93. The van der Waals surface area contributed by atoms with Crippen LogP contribution in [0.15, 0.2) is 39.9 Å². The fraction of sp³-hybridized carbons (Fsp3) is 0.368. The van der Waals surface area contributed by atoms with E-state index in [2.05, 4.69) is 14.9 Å². The van der Waals surface area contributed by atoms with Gasteiger partial charge in [-0.1, -0.05) is 5.16 Å². The number of nitrogens with one attached hydrogen (secondary N) is 1. The van der Waals surface area contributed by atoms with Gasteiger partial charge in [0.05, 0.1) is 34.2 Å². The van der Waals surface area contributed by atoms with Gasteiger partial charge in [-0.05, 0) is 50.5 Å². The molecule has 7 nitrogen and oxygen atoms in total. The van der Waals surface area contributed by atoms with Gasteiger partial charge in [-0.3, -0.25) is 4.72 Å². The number of anilines is 2.